The molecule has 0 aromatic heterocycles. The number of carbonyl (C=O) groups is 3. The molecule has 78 valence electrons. The van der Waals surface area contributed by atoms with Crippen molar-refractivity contribution in [3.05, 3.63) is 0 Å². The Bertz CT molecular complexity index is 263. The lowest BCUT2D eigenvalue weighted by atomic mass is 10.2. The molecule has 0 radical (unpaired) electrons. The molecule has 2 N–H and O–H groups in total. The average molecular weight is 205 g/mol. The molecule has 0 saturated carbocycles. The van der Waals surface area contributed by atoms with Crippen LogP contribution in [-0.2, 0) is 29.1 Å². The molecule has 1 aliphatic heterocycles. The molecule has 1 aliphatic rings. The van der Waals surface area contributed by atoms with Gasteiger partial charge in [-0.05, 0) is 6.42 Å². The predicted octanol–water partition coefficient (Wildman–Crippen LogP) is -0.823. The lowest BCUT2D eigenvalue weighted by Crippen LogP contribution is -2.34. The van der Waals surface area contributed by atoms with Crippen molar-refractivity contribution in [2.24, 2.45) is 5.73 Å². The van der Waals surface area contributed by atoms with Crippen LogP contribution < -0.4 is 5.73 Å². The van der Waals surface area contributed by atoms with Gasteiger partial charge in [0.2, 0.25) is 0 Å². The number of hydrogen-bond acceptors (Lipinski definition) is 8. The monoisotopic (exact) mass is 205 g/mol. The number of hydrogen-bond donors (Lipinski definition) is 1. The van der Waals surface area contributed by atoms with E-state index in [1.165, 1.54) is 0 Å². The fourth-order valence-electron chi connectivity index (χ4n) is 0.664. The van der Waals surface area contributed by atoms with Gasteiger partial charge in [0.1, 0.15) is 6.04 Å². The first-order valence-electron chi connectivity index (χ1n) is 3.65. The summed E-state index contributed by atoms with van der Waals surface area (Å²) in [5, 5.41) is 0. The third-order valence-corrected chi connectivity index (χ3v) is 1.36. The topological polar surface area (TPSA) is 114 Å². The second-order valence-corrected chi connectivity index (χ2v) is 2.42. The van der Waals surface area contributed by atoms with Gasteiger partial charge in [-0.25, -0.2) is 29.1 Å². The minimum Gasteiger partial charge on any atom is -0.318 e. The van der Waals surface area contributed by atoms with E-state index in [1.54, 1.807) is 0 Å². The van der Waals surface area contributed by atoms with E-state index in [9.17, 15) is 14.4 Å². The van der Waals surface area contributed by atoms with Gasteiger partial charge in [-0.3, -0.25) is 0 Å². The maximum Gasteiger partial charge on any atom is 0.592 e. The van der Waals surface area contributed by atoms with Gasteiger partial charge in [-0.1, -0.05) is 0 Å². The molecular formula is C6H7NO7. The maximum atomic E-state index is 10.9. The van der Waals surface area contributed by atoms with E-state index in [0.717, 1.165) is 0 Å². The van der Waals surface area contributed by atoms with Crippen LogP contribution in [0.1, 0.15) is 12.8 Å². The highest BCUT2D eigenvalue weighted by molar-refractivity contribution is 5.77. The summed E-state index contributed by atoms with van der Waals surface area (Å²) in [6.45, 7) is 0. The Morgan fingerprint density at radius 2 is 1.71 bits per heavy atom. The van der Waals surface area contributed by atoms with Crippen molar-refractivity contribution < 1.29 is 33.9 Å². The zero-order valence-corrected chi connectivity index (χ0v) is 6.93. The number of rotatable bonds is 0. The largest absolute Gasteiger partial charge is 0.592 e. The summed E-state index contributed by atoms with van der Waals surface area (Å²) in [7, 11) is 0. The first kappa shape index (κ1) is 10.3. The van der Waals surface area contributed by atoms with Gasteiger partial charge in [0, 0.05) is 0 Å². The van der Waals surface area contributed by atoms with Gasteiger partial charge < -0.3 is 5.73 Å². The van der Waals surface area contributed by atoms with Crippen LogP contribution in [0.3, 0.4) is 0 Å². The van der Waals surface area contributed by atoms with E-state index >= 15 is 0 Å². The fraction of sp³-hybridized carbons (Fsp3) is 0.500. The molecule has 1 rings (SSSR count). The molecule has 8 nitrogen and oxygen atoms in total. The van der Waals surface area contributed by atoms with E-state index in [2.05, 4.69) is 19.6 Å². The highest BCUT2D eigenvalue weighted by Gasteiger charge is 2.23. The molecule has 1 heterocycles. The highest BCUT2D eigenvalue weighted by atomic mass is 17.3. The minimum absolute atomic E-state index is 0.0125. The Kier molecular flexibility index (Phi) is 3.24. The molecule has 14 heavy (non-hydrogen) atoms. The summed E-state index contributed by atoms with van der Waals surface area (Å²) in [4.78, 5) is 47.5. The van der Waals surface area contributed by atoms with Gasteiger partial charge in [0.05, 0.1) is 6.42 Å². The zero-order valence-electron chi connectivity index (χ0n) is 6.93. The number of carbonyl (C=O) groups excluding carboxylic acids is 3. The normalized spacial score (nSPS) is 24.1. The molecule has 0 spiro atoms. The molecule has 0 bridgehead atoms. The number of nitrogens with two attached hydrogens (primary N) is 1. The van der Waals surface area contributed by atoms with Gasteiger partial charge in [0.25, 0.3) is 0 Å². The molecule has 1 fully saturated rings. The molecule has 1 atom stereocenters. The lowest BCUT2D eigenvalue weighted by molar-refractivity contribution is -0.295. The Labute approximate surface area is 77.7 Å². The minimum atomic E-state index is -1.46. The Balaban J connectivity index is 2.57. The smallest absolute Gasteiger partial charge is 0.318 e. The summed E-state index contributed by atoms with van der Waals surface area (Å²) in [6.07, 6.45) is -1.61. The van der Waals surface area contributed by atoms with Crippen LogP contribution in [0.5, 0.6) is 0 Å². The molecule has 0 aromatic rings. The second kappa shape index (κ2) is 4.42. The molecule has 0 aromatic carbocycles. The first-order valence-corrected chi connectivity index (χ1v) is 3.65. The standard InChI is InChI=1S/C6H7NO7/c7-3-1-2-4(8)11-13-6(10)14-12-5(3)9/h3H,1-2,7H2. The summed E-state index contributed by atoms with van der Waals surface area (Å²) < 4.78 is 0. The molecule has 1 saturated heterocycles. The van der Waals surface area contributed by atoms with Crippen molar-refractivity contribution in [1.82, 2.24) is 0 Å². The third kappa shape index (κ3) is 2.90. The zero-order chi connectivity index (χ0) is 10.6. The molecule has 0 amide bonds. The lowest BCUT2D eigenvalue weighted by Gasteiger charge is -2.10. The van der Waals surface area contributed by atoms with Gasteiger partial charge in [0.15, 0.2) is 0 Å². The highest BCUT2D eigenvalue weighted by Crippen LogP contribution is 2.03. The summed E-state index contributed by atoms with van der Waals surface area (Å²) in [5.74, 6) is -1.79. The van der Waals surface area contributed by atoms with E-state index in [1.807, 2.05) is 0 Å². The van der Waals surface area contributed by atoms with Crippen LogP contribution in [0.4, 0.5) is 4.79 Å². The second-order valence-electron chi connectivity index (χ2n) is 2.42. The fourth-order valence-corrected chi connectivity index (χ4v) is 0.664. The summed E-state index contributed by atoms with van der Waals surface area (Å²) in [6, 6.07) is -1.05. The van der Waals surface area contributed by atoms with Crippen molar-refractivity contribution in [3.8, 4) is 0 Å². The summed E-state index contributed by atoms with van der Waals surface area (Å²) in [5.41, 5.74) is 5.26. The van der Waals surface area contributed by atoms with Crippen LogP contribution in [0.15, 0.2) is 0 Å². The Hall–Kier alpha value is -1.83. The van der Waals surface area contributed by atoms with Crippen molar-refractivity contribution in [1.29, 1.82) is 0 Å². The van der Waals surface area contributed by atoms with Gasteiger partial charge >= 0.3 is 18.1 Å². The van der Waals surface area contributed by atoms with Crippen LogP contribution in [0.25, 0.3) is 0 Å². The molecule has 8 heteroatoms. The molecular weight excluding hydrogens is 198 g/mol. The SMILES string of the molecule is NC1CCC(=O)OOC(=O)OOC1=O. The maximum absolute atomic E-state index is 10.9. The Morgan fingerprint density at radius 1 is 1.07 bits per heavy atom. The van der Waals surface area contributed by atoms with Crippen LogP contribution in [0.2, 0.25) is 0 Å². The van der Waals surface area contributed by atoms with Crippen molar-refractivity contribution in [3.63, 3.8) is 0 Å². The van der Waals surface area contributed by atoms with E-state index < -0.39 is 24.1 Å². The van der Waals surface area contributed by atoms with Crippen LogP contribution in [-0.4, -0.2) is 24.1 Å². The van der Waals surface area contributed by atoms with E-state index in [-0.39, 0.29) is 12.8 Å². The average Bonchev–Trinajstić information content (AvgIpc) is 2.18. The van der Waals surface area contributed by atoms with Gasteiger partial charge in [-0.15, -0.1) is 0 Å². The van der Waals surface area contributed by atoms with E-state index in [0.29, 0.717) is 0 Å². The van der Waals surface area contributed by atoms with Crippen molar-refractivity contribution in [2.45, 2.75) is 18.9 Å². The quantitative estimate of drug-likeness (QED) is 0.510. The van der Waals surface area contributed by atoms with Crippen LogP contribution >= 0.6 is 0 Å². The van der Waals surface area contributed by atoms with Crippen molar-refractivity contribution in [2.75, 3.05) is 0 Å². The molecule has 1 unspecified atom stereocenters. The van der Waals surface area contributed by atoms with Crippen molar-refractivity contribution >= 4 is 18.1 Å². The first-order chi connectivity index (χ1) is 6.59. The molecule has 0 aliphatic carbocycles. The van der Waals surface area contributed by atoms with Crippen LogP contribution in [0, 0.1) is 0 Å². The third-order valence-electron chi connectivity index (χ3n) is 1.36. The summed E-state index contributed by atoms with van der Waals surface area (Å²) >= 11 is 0. The van der Waals surface area contributed by atoms with E-state index in [4.69, 9.17) is 5.73 Å². The van der Waals surface area contributed by atoms with Gasteiger partial charge in [-0.2, -0.15) is 4.79 Å². The predicted molar refractivity (Wildman–Crippen MR) is 37.0 cm³/mol. The Morgan fingerprint density at radius 3 is 2.43 bits per heavy atom.